The van der Waals surface area contributed by atoms with Crippen molar-refractivity contribution < 1.29 is 47.5 Å². The second-order valence-electron chi connectivity index (χ2n) is 9.21. The number of carbonyl (C=O) groups is 4. The molecule has 1 aromatic heterocycles. The first-order valence-electron chi connectivity index (χ1n) is 13.4. The van der Waals surface area contributed by atoms with Gasteiger partial charge in [-0.25, -0.2) is 0 Å². The van der Waals surface area contributed by atoms with E-state index in [-0.39, 0.29) is 35.9 Å². The molecule has 13 nitrogen and oxygen atoms in total. The van der Waals surface area contributed by atoms with Gasteiger partial charge in [-0.1, -0.05) is 33.1 Å². The lowest BCUT2D eigenvalue weighted by molar-refractivity contribution is -0.202. The third-order valence-corrected chi connectivity index (χ3v) is 7.10. The topological polar surface area (TPSA) is 185 Å². The molecule has 0 aliphatic heterocycles. The summed E-state index contributed by atoms with van der Waals surface area (Å²) in [5.74, 6) is -2.13. The first-order valence-corrected chi connectivity index (χ1v) is 15.0. The van der Waals surface area contributed by atoms with Crippen LogP contribution in [0.1, 0.15) is 70.4 Å². The van der Waals surface area contributed by atoms with Gasteiger partial charge in [-0.05, 0) is 50.1 Å². The number of unbranched alkanes of at least 4 members (excludes halogenated alkanes) is 2. The van der Waals surface area contributed by atoms with Crippen LogP contribution in [0.25, 0.3) is 11.3 Å². The maximum atomic E-state index is 13.1. The molecule has 2 atom stereocenters. The number of furan rings is 1. The van der Waals surface area contributed by atoms with E-state index in [0.29, 0.717) is 31.2 Å². The molecule has 1 heterocycles. The zero-order valence-corrected chi connectivity index (χ0v) is 24.5. The lowest BCUT2D eigenvalue weighted by atomic mass is 9.90. The molecule has 1 aromatic carbocycles. The van der Waals surface area contributed by atoms with Crippen LogP contribution >= 0.6 is 7.60 Å². The number of nitrogens with zero attached hydrogens (tertiary/aromatic N) is 1. The zero-order valence-electron chi connectivity index (χ0n) is 23.6. The van der Waals surface area contributed by atoms with Crippen molar-refractivity contribution in [3.8, 4) is 17.1 Å². The zero-order chi connectivity index (χ0) is 30.6. The number of rotatable bonds is 17. The van der Waals surface area contributed by atoms with Crippen LogP contribution in [-0.4, -0.2) is 58.4 Å². The molecule has 0 spiro atoms. The fourth-order valence-corrected chi connectivity index (χ4v) is 4.86. The quantitative estimate of drug-likeness (QED) is 0.0697. The summed E-state index contributed by atoms with van der Waals surface area (Å²) in [4.78, 5) is 73.0. The van der Waals surface area contributed by atoms with Crippen LogP contribution in [0.4, 0.5) is 0 Å². The van der Waals surface area contributed by atoms with Crippen molar-refractivity contribution in [2.75, 3.05) is 13.3 Å². The van der Waals surface area contributed by atoms with Crippen molar-refractivity contribution >= 4 is 37.1 Å². The average Bonchev–Trinajstić information content (AvgIpc) is 3.42. The van der Waals surface area contributed by atoms with Gasteiger partial charge in [0.05, 0.1) is 30.5 Å². The first-order chi connectivity index (χ1) is 19.4. The Hall–Kier alpha value is -3.67. The Balaban J connectivity index is 2.12. The van der Waals surface area contributed by atoms with E-state index < -0.39 is 37.3 Å². The monoisotopic (exact) mass is 595 g/mol. The van der Waals surface area contributed by atoms with Gasteiger partial charge in [0.25, 0.3) is 5.91 Å². The van der Waals surface area contributed by atoms with Gasteiger partial charge in [0.2, 0.25) is 12.3 Å². The van der Waals surface area contributed by atoms with Crippen LogP contribution in [0.5, 0.6) is 5.75 Å². The van der Waals surface area contributed by atoms with Crippen molar-refractivity contribution in [2.45, 2.75) is 65.8 Å². The minimum atomic E-state index is -4.58. The van der Waals surface area contributed by atoms with E-state index in [1.54, 1.807) is 13.8 Å². The Kier molecular flexibility index (Phi) is 13.0. The van der Waals surface area contributed by atoms with E-state index in [1.165, 1.54) is 30.3 Å². The first kappa shape index (κ1) is 33.5. The van der Waals surface area contributed by atoms with Crippen LogP contribution < -0.4 is 20.7 Å². The van der Waals surface area contributed by atoms with Crippen molar-refractivity contribution in [2.24, 2.45) is 5.92 Å². The van der Waals surface area contributed by atoms with Gasteiger partial charge in [-0.2, -0.15) is 5.06 Å². The van der Waals surface area contributed by atoms with Gasteiger partial charge in [-0.15, -0.1) is 0 Å². The number of hydroxylamine groups is 2. The summed E-state index contributed by atoms with van der Waals surface area (Å²) in [7, 11) is -4.58. The van der Waals surface area contributed by atoms with E-state index in [1.807, 2.05) is 6.92 Å². The van der Waals surface area contributed by atoms with Crippen molar-refractivity contribution in [1.82, 2.24) is 15.7 Å². The summed E-state index contributed by atoms with van der Waals surface area (Å²) < 4.78 is 22.8. The minimum Gasteiger partial charge on any atom is -0.494 e. The van der Waals surface area contributed by atoms with Gasteiger partial charge in [0.15, 0.2) is 5.76 Å². The fraction of sp³-hybridized carbons (Fsp3) is 0.481. The molecule has 0 saturated carbocycles. The predicted molar refractivity (Wildman–Crippen MR) is 149 cm³/mol. The summed E-state index contributed by atoms with van der Waals surface area (Å²) in [6, 6.07) is 6.20. The molecule has 41 heavy (non-hydrogen) atoms. The molecule has 0 saturated heterocycles. The lowest BCUT2D eigenvalue weighted by Gasteiger charge is -2.31. The van der Waals surface area contributed by atoms with E-state index in [0.717, 1.165) is 24.8 Å². The normalized spacial score (nSPS) is 12.6. The molecule has 3 amide bonds. The van der Waals surface area contributed by atoms with Gasteiger partial charge in [0.1, 0.15) is 11.5 Å². The number of hydrogen-bond donors (Lipinski definition) is 4. The van der Waals surface area contributed by atoms with Gasteiger partial charge >= 0.3 is 13.6 Å². The molecule has 0 fully saturated rings. The SMILES string of the molecule is CCCCCC(C(=O)NCNC(=O)c1ccc(-c2cc(OCC)cc(P(=O)(O)O)c2)o1)[C@@H](CC)N(C=O)OC(C)=O. The Labute approximate surface area is 238 Å². The van der Waals surface area contributed by atoms with Crippen molar-refractivity contribution in [1.29, 1.82) is 0 Å². The Morgan fingerprint density at radius 2 is 1.83 bits per heavy atom. The maximum absolute atomic E-state index is 13.1. The number of amides is 3. The molecular weight excluding hydrogens is 557 g/mol. The van der Waals surface area contributed by atoms with E-state index >= 15 is 0 Å². The van der Waals surface area contributed by atoms with Crippen LogP contribution in [0, 0.1) is 5.92 Å². The second kappa shape index (κ2) is 15.9. The Morgan fingerprint density at radius 3 is 2.41 bits per heavy atom. The molecule has 0 aliphatic rings. The fourth-order valence-electron chi connectivity index (χ4n) is 4.26. The molecule has 1 unspecified atom stereocenters. The molecule has 2 aromatic rings. The molecule has 4 N–H and O–H groups in total. The van der Waals surface area contributed by atoms with Crippen LogP contribution in [0.2, 0.25) is 0 Å². The van der Waals surface area contributed by atoms with Gasteiger partial charge < -0.3 is 34.4 Å². The molecule has 226 valence electrons. The standard InChI is InChI=1S/C27H38N3O10P/c1-5-8-9-10-22(23(6-2)30(17-31)40-18(4)32)26(33)28-16-29-27(34)25-12-11-24(39-25)19-13-20(38-7-3)15-21(14-19)41(35,36)37/h11-15,17,22-23H,5-10,16H2,1-4H3,(H,28,33)(H,29,34)(H2,35,36,37)/t22?,23-/m1/s1. The van der Waals surface area contributed by atoms with Crippen LogP contribution in [-0.2, 0) is 23.8 Å². The van der Waals surface area contributed by atoms with E-state index in [4.69, 9.17) is 14.0 Å². The highest BCUT2D eigenvalue weighted by atomic mass is 31.2. The molecule has 14 heteroatoms. The highest BCUT2D eigenvalue weighted by molar-refractivity contribution is 7.60. The largest absolute Gasteiger partial charge is 0.494 e. The molecular formula is C27H38N3O10P. The van der Waals surface area contributed by atoms with Crippen LogP contribution in [0.15, 0.2) is 34.7 Å². The molecule has 0 aliphatic carbocycles. The summed E-state index contributed by atoms with van der Waals surface area (Å²) in [5, 5.41) is 5.78. The molecule has 0 radical (unpaired) electrons. The number of benzene rings is 1. The highest BCUT2D eigenvalue weighted by Gasteiger charge is 2.33. The molecule has 2 rings (SSSR count). The third kappa shape index (κ3) is 10.0. The predicted octanol–water partition coefficient (Wildman–Crippen LogP) is 2.86. The number of hydrogen-bond acceptors (Lipinski definition) is 8. The van der Waals surface area contributed by atoms with E-state index in [9.17, 15) is 33.5 Å². The summed E-state index contributed by atoms with van der Waals surface area (Å²) >= 11 is 0. The highest BCUT2D eigenvalue weighted by Crippen LogP contribution is 2.37. The maximum Gasteiger partial charge on any atom is 0.356 e. The van der Waals surface area contributed by atoms with Crippen LogP contribution in [0.3, 0.4) is 0 Å². The average molecular weight is 596 g/mol. The van der Waals surface area contributed by atoms with Gasteiger partial charge in [-0.3, -0.25) is 23.7 Å². The Bertz CT molecular complexity index is 1240. The lowest BCUT2D eigenvalue weighted by Crippen LogP contribution is -2.48. The number of ether oxygens (including phenoxy) is 1. The summed E-state index contributed by atoms with van der Waals surface area (Å²) in [6.45, 7) is 6.71. The minimum absolute atomic E-state index is 0.0956. The van der Waals surface area contributed by atoms with E-state index in [2.05, 4.69) is 10.6 Å². The van der Waals surface area contributed by atoms with Crippen molar-refractivity contribution in [3.05, 3.63) is 36.1 Å². The number of carbonyl (C=O) groups excluding carboxylic acids is 4. The summed E-state index contributed by atoms with van der Waals surface area (Å²) in [6.07, 6.45) is 3.68. The van der Waals surface area contributed by atoms with Gasteiger partial charge in [0, 0.05) is 12.5 Å². The number of nitrogens with one attached hydrogen (secondary N) is 2. The third-order valence-electron chi connectivity index (χ3n) is 6.17. The second-order valence-corrected chi connectivity index (χ2v) is 10.8. The summed E-state index contributed by atoms with van der Waals surface area (Å²) in [5.41, 5.74) is 0.301. The smallest absolute Gasteiger partial charge is 0.356 e. The van der Waals surface area contributed by atoms with Crippen molar-refractivity contribution in [3.63, 3.8) is 0 Å². The molecule has 0 bridgehead atoms. The Morgan fingerprint density at radius 1 is 1.10 bits per heavy atom.